The van der Waals surface area contributed by atoms with Gasteiger partial charge in [-0.15, -0.1) is 0 Å². The highest BCUT2D eigenvalue weighted by molar-refractivity contribution is 5.37. The molecule has 112 valence electrons. The minimum absolute atomic E-state index is 0.0355. The van der Waals surface area contributed by atoms with E-state index in [9.17, 15) is 8.78 Å². The molecule has 0 amide bonds. The van der Waals surface area contributed by atoms with Crippen LogP contribution in [0.2, 0.25) is 0 Å². The van der Waals surface area contributed by atoms with Crippen LogP contribution in [0.1, 0.15) is 24.1 Å². The van der Waals surface area contributed by atoms with E-state index < -0.39 is 11.6 Å². The minimum atomic E-state index is -0.487. The number of hydrogen-bond acceptors (Lipinski definition) is 3. The van der Waals surface area contributed by atoms with Gasteiger partial charge in [-0.2, -0.15) is 0 Å². The third kappa shape index (κ3) is 3.49. The van der Waals surface area contributed by atoms with Crippen molar-refractivity contribution in [2.45, 2.75) is 19.6 Å². The highest BCUT2D eigenvalue weighted by atomic mass is 19.1. The van der Waals surface area contributed by atoms with E-state index in [-0.39, 0.29) is 18.4 Å². The van der Waals surface area contributed by atoms with E-state index in [1.54, 1.807) is 25.1 Å². The molecular formula is C16H17F2NO2. The van der Waals surface area contributed by atoms with Gasteiger partial charge >= 0.3 is 0 Å². The van der Waals surface area contributed by atoms with Crippen molar-refractivity contribution >= 4 is 0 Å². The molecule has 0 unspecified atom stereocenters. The molecule has 5 heteroatoms. The van der Waals surface area contributed by atoms with E-state index >= 15 is 0 Å². The quantitative estimate of drug-likeness (QED) is 0.916. The maximum Gasteiger partial charge on any atom is 0.171 e. The van der Waals surface area contributed by atoms with Crippen molar-refractivity contribution in [3.05, 3.63) is 59.2 Å². The third-order valence-corrected chi connectivity index (χ3v) is 3.11. The van der Waals surface area contributed by atoms with Crippen LogP contribution in [-0.4, -0.2) is 7.11 Å². The topological polar surface area (TPSA) is 44.5 Å². The van der Waals surface area contributed by atoms with E-state index in [0.717, 1.165) is 0 Å². The predicted molar refractivity (Wildman–Crippen MR) is 76.3 cm³/mol. The van der Waals surface area contributed by atoms with Crippen molar-refractivity contribution < 1.29 is 18.3 Å². The van der Waals surface area contributed by atoms with Gasteiger partial charge in [0.1, 0.15) is 18.2 Å². The van der Waals surface area contributed by atoms with Gasteiger partial charge in [0.2, 0.25) is 0 Å². The Morgan fingerprint density at radius 1 is 1.14 bits per heavy atom. The van der Waals surface area contributed by atoms with E-state index in [1.807, 2.05) is 0 Å². The number of rotatable bonds is 5. The molecule has 0 aliphatic heterocycles. The Morgan fingerprint density at radius 2 is 1.90 bits per heavy atom. The monoisotopic (exact) mass is 293 g/mol. The Bertz CT molecular complexity index is 630. The van der Waals surface area contributed by atoms with Crippen molar-refractivity contribution in [3.63, 3.8) is 0 Å². The van der Waals surface area contributed by atoms with Crippen LogP contribution in [0.3, 0.4) is 0 Å². The number of nitrogens with two attached hydrogens (primary N) is 1. The summed E-state index contributed by atoms with van der Waals surface area (Å²) in [5, 5.41) is 0. The molecule has 0 fully saturated rings. The lowest BCUT2D eigenvalue weighted by Gasteiger charge is -2.15. The first-order valence-corrected chi connectivity index (χ1v) is 6.52. The maximum atomic E-state index is 14.0. The second kappa shape index (κ2) is 6.54. The molecule has 3 nitrogen and oxygen atoms in total. The summed E-state index contributed by atoms with van der Waals surface area (Å²) in [5.41, 5.74) is 6.81. The van der Waals surface area contributed by atoms with Crippen LogP contribution >= 0.6 is 0 Å². The minimum Gasteiger partial charge on any atom is -0.494 e. The van der Waals surface area contributed by atoms with Crippen molar-refractivity contribution in [2.24, 2.45) is 5.73 Å². The number of halogens is 2. The van der Waals surface area contributed by atoms with Crippen LogP contribution in [0.5, 0.6) is 11.5 Å². The van der Waals surface area contributed by atoms with Gasteiger partial charge < -0.3 is 15.2 Å². The van der Waals surface area contributed by atoms with Gasteiger partial charge in [0, 0.05) is 23.2 Å². The smallest absolute Gasteiger partial charge is 0.171 e. The highest BCUT2D eigenvalue weighted by Crippen LogP contribution is 2.27. The molecule has 0 bridgehead atoms. The summed E-state index contributed by atoms with van der Waals surface area (Å²) in [7, 11) is 1.39. The average molecular weight is 293 g/mol. The van der Waals surface area contributed by atoms with Gasteiger partial charge in [0.05, 0.1) is 7.11 Å². The van der Waals surface area contributed by atoms with Gasteiger partial charge in [-0.05, 0) is 19.1 Å². The first-order chi connectivity index (χ1) is 10.0. The Balaban J connectivity index is 2.22. The molecule has 1 atom stereocenters. The average Bonchev–Trinajstić information content (AvgIpc) is 2.46. The summed E-state index contributed by atoms with van der Waals surface area (Å²) in [6.45, 7) is 1.73. The van der Waals surface area contributed by atoms with Crippen molar-refractivity contribution in [1.82, 2.24) is 0 Å². The molecule has 0 heterocycles. The zero-order valence-electron chi connectivity index (χ0n) is 11.9. The van der Waals surface area contributed by atoms with Gasteiger partial charge in [0.15, 0.2) is 11.6 Å². The van der Waals surface area contributed by atoms with Crippen molar-refractivity contribution in [2.75, 3.05) is 7.11 Å². The third-order valence-electron chi connectivity index (χ3n) is 3.11. The molecule has 0 spiro atoms. The molecule has 0 aliphatic carbocycles. The molecule has 21 heavy (non-hydrogen) atoms. The van der Waals surface area contributed by atoms with Crippen LogP contribution in [0, 0.1) is 11.6 Å². The maximum absolute atomic E-state index is 14.0. The van der Waals surface area contributed by atoms with E-state index in [2.05, 4.69) is 0 Å². The lowest BCUT2D eigenvalue weighted by atomic mass is 10.1. The molecule has 2 aromatic rings. The Labute approximate surface area is 122 Å². The molecule has 2 rings (SSSR count). The number of hydrogen-bond donors (Lipinski definition) is 1. The lowest BCUT2D eigenvalue weighted by Crippen LogP contribution is -2.09. The van der Waals surface area contributed by atoms with Crippen LogP contribution < -0.4 is 15.2 Å². The first kappa shape index (κ1) is 15.3. The number of benzene rings is 2. The fourth-order valence-corrected chi connectivity index (χ4v) is 1.99. The molecule has 2 N–H and O–H groups in total. The normalized spacial score (nSPS) is 12.0. The molecule has 2 aromatic carbocycles. The Morgan fingerprint density at radius 3 is 2.57 bits per heavy atom. The largest absolute Gasteiger partial charge is 0.494 e. The second-order valence-corrected chi connectivity index (χ2v) is 4.69. The molecule has 0 saturated carbocycles. The van der Waals surface area contributed by atoms with Crippen LogP contribution in [-0.2, 0) is 6.61 Å². The van der Waals surface area contributed by atoms with E-state index in [4.69, 9.17) is 15.2 Å². The second-order valence-electron chi connectivity index (χ2n) is 4.69. The standard InChI is InChI=1S/C16H17F2NO2/c1-10(19)13-7-6-12(17)8-15(13)21-9-11-4-3-5-14(20-2)16(11)18/h3-8,10H,9,19H2,1-2H3/t10-/m0/s1. The molecule has 0 saturated heterocycles. The van der Waals surface area contributed by atoms with Gasteiger partial charge in [0.25, 0.3) is 0 Å². The Hall–Kier alpha value is -2.14. The van der Waals surface area contributed by atoms with Gasteiger partial charge in [-0.25, -0.2) is 8.78 Å². The zero-order valence-corrected chi connectivity index (χ0v) is 11.9. The summed E-state index contributed by atoms with van der Waals surface area (Å²) in [6.07, 6.45) is 0. The summed E-state index contributed by atoms with van der Waals surface area (Å²) in [6, 6.07) is 8.59. The van der Waals surface area contributed by atoms with E-state index in [0.29, 0.717) is 16.9 Å². The first-order valence-electron chi connectivity index (χ1n) is 6.52. The predicted octanol–water partition coefficient (Wildman–Crippen LogP) is 3.57. The molecule has 0 radical (unpaired) electrons. The molecular weight excluding hydrogens is 276 g/mol. The Kier molecular flexibility index (Phi) is 4.75. The van der Waals surface area contributed by atoms with Gasteiger partial charge in [-0.1, -0.05) is 18.2 Å². The fourth-order valence-electron chi connectivity index (χ4n) is 1.99. The van der Waals surface area contributed by atoms with Crippen LogP contribution in [0.15, 0.2) is 36.4 Å². The lowest BCUT2D eigenvalue weighted by molar-refractivity contribution is 0.290. The van der Waals surface area contributed by atoms with Crippen LogP contribution in [0.25, 0.3) is 0 Å². The number of ether oxygens (including phenoxy) is 2. The van der Waals surface area contributed by atoms with Crippen molar-refractivity contribution in [3.8, 4) is 11.5 Å². The van der Waals surface area contributed by atoms with Crippen LogP contribution in [0.4, 0.5) is 8.78 Å². The fraction of sp³-hybridized carbons (Fsp3) is 0.250. The summed E-state index contributed by atoms with van der Waals surface area (Å²) in [5.74, 6) is -0.464. The van der Waals surface area contributed by atoms with Gasteiger partial charge in [-0.3, -0.25) is 0 Å². The summed E-state index contributed by atoms with van der Waals surface area (Å²) < 4.78 is 37.8. The number of methoxy groups -OCH3 is 1. The zero-order chi connectivity index (χ0) is 15.4. The SMILES string of the molecule is COc1cccc(COc2cc(F)ccc2[C@H](C)N)c1F. The highest BCUT2D eigenvalue weighted by Gasteiger charge is 2.12. The molecule has 0 aliphatic rings. The summed E-state index contributed by atoms with van der Waals surface area (Å²) >= 11 is 0. The van der Waals surface area contributed by atoms with E-state index in [1.165, 1.54) is 25.3 Å². The summed E-state index contributed by atoms with van der Waals surface area (Å²) in [4.78, 5) is 0. The van der Waals surface area contributed by atoms with Crippen molar-refractivity contribution in [1.29, 1.82) is 0 Å². The molecule has 0 aromatic heterocycles.